The number of amides is 1. The van der Waals surface area contributed by atoms with Gasteiger partial charge < -0.3 is 9.88 Å². The number of imidazole rings is 1. The first-order valence-corrected chi connectivity index (χ1v) is 10.8. The van der Waals surface area contributed by atoms with Crippen LogP contribution in [0.5, 0.6) is 0 Å². The van der Waals surface area contributed by atoms with Crippen LogP contribution in [0, 0.1) is 19.7 Å². The number of aryl methyl sites for hydroxylation is 2. The van der Waals surface area contributed by atoms with E-state index in [1.54, 1.807) is 48.1 Å². The molecule has 8 heteroatoms. The molecule has 3 rings (SSSR count). The first kappa shape index (κ1) is 20.7. The van der Waals surface area contributed by atoms with E-state index in [2.05, 4.69) is 10.3 Å². The molecule has 0 aliphatic carbocycles. The normalized spacial score (nSPS) is 11.4. The molecule has 0 aliphatic rings. The summed E-state index contributed by atoms with van der Waals surface area (Å²) < 4.78 is 40.6. The second-order valence-corrected chi connectivity index (χ2v) is 8.90. The van der Waals surface area contributed by atoms with Crippen molar-refractivity contribution in [1.29, 1.82) is 0 Å². The van der Waals surface area contributed by atoms with E-state index in [0.29, 0.717) is 17.1 Å². The molecule has 1 aromatic heterocycles. The van der Waals surface area contributed by atoms with Crippen LogP contribution in [0.15, 0.2) is 59.8 Å². The van der Waals surface area contributed by atoms with Crippen LogP contribution < -0.4 is 5.32 Å². The molecule has 0 radical (unpaired) electrons. The fraction of sp³-hybridized carbons (Fsp3) is 0.238. The van der Waals surface area contributed by atoms with Gasteiger partial charge in [-0.05, 0) is 43.7 Å². The van der Waals surface area contributed by atoms with Crippen molar-refractivity contribution in [1.82, 2.24) is 14.9 Å². The van der Waals surface area contributed by atoms with E-state index in [1.165, 1.54) is 18.2 Å². The molecular weight excluding hydrogens is 393 g/mol. The van der Waals surface area contributed by atoms with E-state index >= 15 is 0 Å². The number of halogens is 1. The van der Waals surface area contributed by atoms with Crippen molar-refractivity contribution < 1.29 is 17.6 Å². The summed E-state index contributed by atoms with van der Waals surface area (Å²) >= 11 is 0. The predicted octanol–water partition coefficient (Wildman–Crippen LogP) is 3.11. The van der Waals surface area contributed by atoms with Crippen molar-refractivity contribution in [2.75, 3.05) is 5.75 Å². The van der Waals surface area contributed by atoms with Crippen LogP contribution in [0.3, 0.4) is 0 Å². The van der Waals surface area contributed by atoms with Gasteiger partial charge in [-0.25, -0.2) is 17.8 Å². The van der Waals surface area contributed by atoms with Crippen molar-refractivity contribution in [2.24, 2.45) is 0 Å². The molecule has 0 unspecified atom stereocenters. The molecular formula is C21H22FN3O3S. The Morgan fingerprint density at radius 2 is 1.86 bits per heavy atom. The van der Waals surface area contributed by atoms with Gasteiger partial charge in [-0.2, -0.15) is 0 Å². The minimum absolute atomic E-state index is 0.115. The first-order valence-electron chi connectivity index (χ1n) is 9.11. The number of hydrogen-bond acceptors (Lipinski definition) is 4. The minimum atomic E-state index is -3.53. The van der Waals surface area contributed by atoms with Crippen LogP contribution in [-0.4, -0.2) is 29.6 Å². The van der Waals surface area contributed by atoms with Gasteiger partial charge in [0, 0.05) is 25.4 Å². The standard InChI is InChI=1S/C21H22FN3O3S/c1-15-3-6-18(7-4-15)29(27,28)12-9-21(26)24-14-17-5-8-20(19(22)13-17)25-11-10-23-16(25)2/h3-8,10-11,13H,9,12,14H2,1-2H3,(H,24,26). The zero-order valence-corrected chi connectivity index (χ0v) is 17.0. The zero-order chi connectivity index (χ0) is 21.0. The van der Waals surface area contributed by atoms with E-state index in [1.807, 2.05) is 6.92 Å². The molecule has 1 amide bonds. The van der Waals surface area contributed by atoms with Crippen molar-refractivity contribution in [3.63, 3.8) is 0 Å². The second-order valence-electron chi connectivity index (χ2n) is 6.79. The van der Waals surface area contributed by atoms with E-state index in [9.17, 15) is 17.6 Å². The van der Waals surface area contributed by atoms with Crippen LogP contribution in [0.25, 0.3) is 5.69 Å². The highest BCUT2D eigenvalue weighted by Crippen LogP contribution is 2.17. The minimum Gasteiger partial charge on any atom is -0.352 e. The fourth-order valence-electron chi connectivity index (χ4n) is 2.87. The number of benzene rings is 2. The molecule has 6 nitrogen and oxygen atoms in total. The Bertz CT molecular complexity index is 1120. The van der Waals surface area contributed by atoms with Gasteiger partial charge in [0.1, 0.15) is 11.6 Å². The van der Waals surface area contributed by atoms with Gasteiger partial charge in [-0.3, -0.25) is 4.79 Å². The summed E-state index contributed by atoms with van der Waals surface area (Å²) in [4.78, 5) is 16.3. The smallest absolute Gasteiger partial charge is 0.221 e. The monoisotopic (exact) mass is 415 g/mol. The summed E-state index contributed by atoms with van der Waals surface area (Å²) in [6.07, 6.45) is 3.10. The SMILES string of the molecule is Cc1ccc(S(=O)(=O)CCC(=O)NCc2ccc(-n3ccnc3C)c(F)c2)cc1. The third-order valence-electron chi connectivity index (χ3n) is 4.57. The molecule has 0 saturated heterocycles. The maximum Gasteiger partial charge on any atom is 0.221 e. The summed E-state index contributed by atoms with van der Waals surface area (Å²) in [6.45, 7) is 3.76. The average Bonchev–Trinajstić information content (AvgIpc) is 3.11. The van der Waals surface area contributed by atoms with Gasteiger partial charge in [-0.15, -0.1) is 0 Å². The number of aromatic nitrogens is 2. The van der Waals surface area contributed by atoms with Crippen molar-refractivity contribution in [3.05, 3.63) is 77.6 Å². The lowest BCUT2D eigenvalue weighted by molar-refractivity contribution is -0.120. The molecule has 1 N–H and O–H groups in total. The number of nitrogens with one attached hydrogen (secondary N) is 1. The molecule has 2 aromatic carbocycles. The van der Waals surface area contributed by atoms with Crippen molar-refractivity contribution in [2.45, 2.75) is 31.7 Å². The van der Waals surface area contributed by atoms with Gasteiger partial charge in [0.15, 0.2) is 9.84 Å². The van der Waals surface area contributed by atoms with E-state index in [4.69, 9.17) is 0 Å². The van der Waals surface area contributed by atoms with Gasteiger partial charge in [0.05, 0.1) is 16.3 Å². The Morgan fingerprint density at radius 1 is 1.14 bits per heavy atom. The summed E-state index contributed by atoms with van der Waals surface area (Å²) in [5.74, 6) is -0.454. The summed E-state index contributed by atoms with van der Waals surface area (Å²) in [5, 5.41) is 2.64. The van der Waals surface area contributed by atoms with E-state index < -0.39 is 21.6 Å². The highest BCUT2D eigenvalue weighted by molar-refractivity contribution is 7.91. The quantitative estimate of drug-likeness (QED) is 0.643. The lowest BCUT2D eigenvalue weighted by Crippen LogP contribution is -2.25. The van der Waals surface area contributed by atoms with E-state index in [-0.39, 0.29) is 23.6 Å². The van der Waals surface area contributed by atoms with Crippen LogP contribution in [0.2, 0.25) is 0 Å². The Hall–Kier alpha value is -3.00. The number of sulfone groups is 1. The molecule has 0 bridgehead atoms. The molecule has 0 aliphatic heterocycles. The summed E-state index contributed by atoms with van der Waals surface area (Å²) in [7, 11) is -3.53. The molecule has 1 heterocycles. The summed E-state index contributed by atoms with van der Waals surface area (Å²) in [6, 6.07) is 11.2. The van der Waals surface area contributed by atoms with E-state index in [0.717, 1.165) is 5.56 Å². The molecule has 0 fully saturated rings. The van der Waals surface area contributed by atoms with Gasteiger partial charge in [0.25, 0.3) is 0 Å². The largest absolute Gasteiger partial charge is 0.352 e. The molecule has 0 saturated carbocycles. The maximum atomic E-state index is 14.4. The van der Waals surface area contributed by atoms with Gasteiger partial charge in [-0.1, -0.05) is 23.8 Å². The van der Waals surface area contributed by atoms with Crippen LogP contribution in [0.1, 0.15) is 23.4 Å². The van der Waals surface area contributed by atoms with Crippen LogP contribution in [0.4, 0.5) is 4.39 Å². The van der Waals surface area contributed by atoms with Crippen LogP contribution in [-0.2, 0) is 21.2 Å². The lowest BCUT2D eigenvalue weighted by Gasteiger charge is -2.10. The molecule has 152 valence electrons. The fourth-order valence-corrected chi connectivity index (χ4v) is 4.11. The number of carbonyl (C=O) groups excluding carboxylic acids is 1. The average molecular weight is 415 g/mol. The molecule has 0 spiro atoms. The Balaban J connectivity index is 1.56. The summed E-state index contributed by atoms with van der Waals surface area (Å²) in [5.41, 5.74) is 1.92. The highest BCUT2D eigenvalue weighted by Gasteiger charge is 2.16. The third kappa shape index (κ3) is 5.08. The van der Waals surface area contributed by atoms with Crippen molar-refractivity contribution >= 4 is 15.7 Å². The molecule has 3 aromatic rings. The second kappa shape index (κ2) is 8.57. The Morgan fingerprint density at radius 3 is 2.48 bits per heavy atom. The molecule has 29 heavy (non-hydrogen) atoms. The van der Waals surface area contributed by atoms with Gasteiger partial charge in [0.2, 0.25) is 5.91 Å². The van der Waals surface area contributed by atoms with Crippen LogP contribution >= 0.6 is 0 Å². The number of hydrogen-bond donors (Lipinski definition) is 1. The number of nitrogens with zero attached hydrogens (tertiary/aromatic N) is 2. The molecule has 0 atom stereocenters. The van der Waals surface area contributed by atoms with Crippen molar-refractivity contribution in [3.8, 4) is 5.69 Å². The van der Waals surface area contributed by atoms with Gasteiger partial charge >= 0.3 is 0 Å². The number of carbonyl (C=O) groups is 1. The third-order valence-corrected chi connectivity index (χ3v) is 6.30. The highest BCUT2D eigenvalue weighted by atomic mass is 32.2. The number of rotatable bonds is 7. The first-order chi connectivity index (χ1) is 13.8. The Kier molecular flexibility index (Phi) is 6.12. The zero-order valence-electron chi connectivity index (χ0n) is 16.2. The maximum absolute atomic E-state index is 14.4. The topological polar surface area (TPSA) is 81.1 Å². The lowest BCUT2D eigenvalue weighted by atomic mass is 10.2. The Labute approximate surface area is 169 Å². The predicted molar refractivity (Wildman–Crippen MR) is 108 cm³/mol.